The first kappa shape index (κ1) is 15.4. The Balaban J connectivity index is 1.89. The maximum absolute atomic E-state index is 6.49. The van der Waals surface area contributed by atoms with Gasteiger partial charge in [0, 0.05) is 6.04 Å². The van der Waals surface area contributed by atoms with Crippen molar-refractivity contribution in [1.29, 1.82) is 0 Å². The molecule has 0 aliphatic carbocycles. The van der Waals surface area contributed by atoms with Crippen LogP contribution in [0, 0.1) is 6.92 Å². The third-order valence-electron chi connectivity index (χ3n) is 4.42. The van der Waals surface area contributed by atoms with Crippen LogP contribution in [0.4, 0.5) is 5.69 Å². The normalized spacial score (nSPS) is 15.8. The van der Waals surface area contributed by atoms with E-state index in [9.17, 15) is 0 Å². The lowest BCUT2D eigenvalue weighted by atomic mass is 9.99. The Hall–Kier alpha value is -1.51. The molecule has 2 nitrogen and oxygen atoms in total. The number of aryl methyl sites for hydroxylation is 1. The van der Waals surface area contributed by atoms with E-state index >= 15 is 0 Å². The molecule has 0 amide bonds. The zero-order valence-corrected chi connectivity index (χ0v) is 14.0. The molecule has 0 spiro atoms. The maximum atomic E-state index is 6.49. The molecule has 2 aromatic rings. The number of halogens is 1. The van der Waals surface area contributed by atoms with Crippen LogP contribution in [0.2, 0.25) is 5.02 Å². The highest BCUT2D eigenvalue weighted by molar-refractivity contribution is 6.33. The highest BCUT2D eigenvalue weighted by atomic mass is 35.5. The molecule has 0 radical (unpaired) electrons. The topological polar surface area (TPSA) is 24.1 Å². The quantitative estimate of drug-likeness (QED) is 0.871. The number of hydrogen-bond donors (Lipinski definition) is 2. The smallest absolute Gasteiger partial charge is 0.0640 e. The molecule has 0 unspecified atom stereocenters. The fourth-order valence-electron chi connectivity index (χ4n) is 3.05. The van der Waals surface area contributed by atoms with Crippen LogP contribution in [-0.2, 0) is 12.8 Å². The van der Waals surface area contributed by atoms with Crippen molar-refractivity contribution < 1.29 is 0 Å². The van der Waals surface area contributed by atoms with E-state index in [1.54, 1.807) is 0 Å². The van der Waals surface area contributed by atoms with Gasteiger partial charge in [0.2, 0.25) is 0 Å². The third-order valence-corrected chi connectivity index (χ3v) is 4.74. The summed E-state index contributed by atoms with van der Waals surface area (Å²) in [6.07, 6.45) is 2.10. The van der Waals surface area contributed by atoms with Gasteiger partial charge < -0.3 is 10.6 Å². The Morgan fingerprint density at radius 1 is 1.05 bits per heavy atom. The van der Waals surface area contributed by atoms with E-state index in [1.807, 2.05) is 6.07 Å². The van der Waals surface area contributed by atoms with Gasteiger partial charge in [-0.25, -0.2) is 0 Å². The van der Waals surface area contributed by atoms with Crippen LogP contribution < -0.4 is 10.6 Å². The lowest BCUT2D eigenvalue weighted by Gasteiger charge is -2.21. The van der Waals surface area contributed by atoms with E-state index in [0.717, 1.165) is 36.6 Å². The van der Waals surface area contributed by atoms with E-state index in [2.05, 4.69) is 54.8 Å². The van der Waals surface area contributed by atoms with Gasteiger partial charge in [0.25, 0.3) is 0 Å². The monoisotopic (exact) mass is 314 g/mol. The van der Waals surface area contributed by atoms with Crippen molar-refractivity contribution >= 4 is 17.3 Å². The van der Waals surface area contributed by atoms with Gasteiger partial charge in [-0.15, -0.1) is 0 Å². The molecule has 0 bridgehead atoms. The molecule has 0 aromatic heterocycles. The van der Waals surface area contributed by atoms with Gasteiger partial charge in [-0.05, 0) is 62.5 Å². The summed E-state index contributed by atoms with van der Waals surface area (Å²) in [7, 11) is 0. The molecule has 0 saturated carbocycles. The van der Waals surface area contributed by atoms with E-state index in [0.29, 0.717) is 0 Å². The summed E-state index contributed by atoms with van der Waals surface area (Å²) in [5, 5.41) is 7.92. The van der Waals surface area contributed by atoms with E-state index < -0.39 is 0 Å². The highest BCUT2D eigenvalue weighted by Crippen LogP contribution is 2.33. The Kier molecular flexibility index (Phi) is 4.70. The van der Waals surface area contributed by atoms with Crippen LogP contribution in [0.1, 0.15) is 35.2 Å². The maximum Gasteiger partial charge on any atom is 0.0640 e. The van der Waals surface area contributed by atoms with Gasteiger partial charge in [-0.3, -0.25) is 0 Å². The molecule has 2 aromatic carbocycles. The molecule has 1 aliphatic heterocycles. The molecular weight excluding hydrogens is 292 g/mol. The fraction of sp³-hybridized carbons (Fsp3) is 0.368. The van der Waals surface area contributed by atoms with Crippen molar-refractivity contribution in [2.24, 2.45) is 0 Å². The first-order chi connectivity index (χ1) is 10.6. The van der Waals surface area contributed by atoms with Crippen molar-refractivity contribution in [3.63, 3.8) is 0 Å². The summed E-state index contributed by atoms with van der Waals surface area (Å²) in [5.74, 6) is 0. The zero-order valence-electron chi connectivity index (χ0n) is 13.2. The van der Waals surface area contributed by atoms with Gasteiger partial charge >= 0.3 is 0 Å². The molecule has 0 fully saturated rings. The van der Waals surface area contributed by atoms with E-state index in [4.69, 9.17) is 11.6 Å². The second-order valence-electron chi connectivity index (χ2n) is 6.09. The summed E-state index contributed by atoms with van der Waals surface area (Å²) in [5.41, 5.74) is 6.46. The summed E-state index contributed by atoms with van der Waals surface area (Å²) in [6.45, 7) is 6.36. The zero-order chi connectivity index (χ0) is 15.5. The summed E-state index contributed by atoms with van der Waals surface area (Å²) in [6, 6.07) is 13.1. The van der Waals surface area contributed by atoms with E-state index in [-0.39, 0.29) is 6.04 Å². The van der Waals surface area contributed by atoms with Gasteiger partial charge in [0.1, 0.15) is 0 Å². The van der Waals surface area contributed by atoms with Crippen LogP contribution in [-0.4, -0.2) is 13.1 Å². The average Bonchev–Trinajstić information content (AvgIpc) is 2.76. The minimum atomic E-state index is 0.237. The van der Waals surface area contributed by atoms with Crippen molar-refractivity contribution in [2.75, 3.05) is 18.4 Å². The lowest BCUT2D eigenvalue weighted by Crippen LogP contribution is -2.16. The Bertz CT molecular complexity index is 649. The second kappa shape index (κ2) is 6.72. The van der Waals surface area contributed by atoms with Crippen LogP contribution in [0.3, 0.4) is 0 Å². The molecule has 1 heterocycles. The average molecular weight is 315 g/mol. The highest BCUT2D eigenvalue weighted by Gasteiger charge is 2.16. The predicted octanol–water partition coefficient (Wildman–Crippen LogP) is 4.51. The largest absolute Gasteiger partial charge is 0.377 e. The van der Waals surface area contributed by atoms with Gasteiger partial charge in [0.15, 0.2) is 0 Å². The predicted molar refractivity (Wildman–Crippen MR) is 94.9 cm³/mol. The SMILES string of the molecule is Cc1ccc([C@@H](C)Nc2c(Cl)ccc3c2CCNCC3)cc1. The van der Waals surface area contributed by atoms with Gasteiger partial charge in [-0.2, -0.15) is 0 Å². The molecule has 22 heavy (non-hydrogen) atoms. The first-order valence-corrected chi connectivity index (χ1v) is 8.37. The number of hydrogen-bond acceptors (Lipinski definition) is 2. The summed E-state index contributed by atoms with van der Waals surface area (Å²) in [4.78, 5) is 0. The molecule has 1 aliphatic rings. The Morgan fingerprint density at radius 3 is 2.55 bits per heavy atom. The summed E-state index contributed by atoms with van der Waals surface area (Å²) >= 11 is 6.49. The van der Waals surface area contributed by atoms with Gasteiger partial charge in [-0.1, -0.05) is 47.5 Å². The molecular formula is C19H23ClN2. The first-order valence-electron chi connectivity index (χ1n) is 7.99. The second-order valence-corrected chi connectivity index (χ2v) is 6.49. The minimum Gasteiger partial charge on any atom is -0.377 e. The number of rotatable bonds is 3. The number of anilines is 1. The Labute approximate surface area is 137 Å². The standard InChI is InChI=1S/C19H23ClN2/c1-13-3-5-15(6-4-13)14(2)22-19-17-10-12-21-11-9-16(17)7-8-18(19)20/h3-8,14,21-22H,9-12H2,1-2H3/t14-/m1/s1. The number of benzene rings is 2. The van der Waals surface area contributed by atoms with Crippen LogP contribution in [0.15, 0.2) is 36.4 Å². The fourth-order valence-corrected chi connectivity index (χ4v) is 3.29. The van der Waals surface area contributed by atoms with Crippen LogP contribution in [0.25, 0.3) is 0 Å². The molecule has 2 N–H and O–H groups in total. The Morgan fingerprint density at radius 2 is 1.77 bits per heavy atom. The summed E-state index contributed by atoms with van der Waals surface area (Å²) < 4.78 is 0. The number of fused-ring (bicyclic) bond motifs is 1. The molecule has 3 heteroatoms. The van der Waals surface area contributed by atoms with Crippen molar-refractivity contribution in [2.45, 2.75) is 32.7 Å². The lowest BCUT2D eigenvalue weighted by molar-refractivity contribution is 0.711. The molecule has 116 valence electrons. The van der Waals surface area contributed by atoms with Crippen molar-refractivity contribution in [3.8, 4) is 0 Å². The molecule has 1 atom stereocenters. The van der Waals surface area contributed by atoms with Crippen LogP contribution >= 0.6 is 11.6 Å². The van der Waals surface area contributed by atoms with Gasteiger partial charge in [0.05, 0.1) is 10.7 Å². The van der Waals surface area contributed by atoms with Crippen LogP contribution in [0.5, 0.6) is 0 Å². The number of nitrogens with one attached hydrogen (secondary N) is 2. The minimum absolute atomic E-state index is 0.237. The van der Waals surface area contributed by atoms with Crippen molar-refractivity contribution in [1.82, 2.24) is 5.32 Å². The molecule has 0 saturated heterocycles. The molecule has 3 rings (SSSR count). The van der Waals surface area contributed by atoms with E-state index in [1.165, 1.54) is 22.3 Å². The third kappa shape index (κ3) is 3.29. The van der Waals surface area contributed by atoms with Crippen molar-refractivity contribution in [3.05, 3.63) is 63.7 Å².